The van der Waals surface area contributed by atoms with Gasteiger partial charge in [-0.2, -0.15) is 13.2 Å². The zero-order valence-electron chi connectivity index (χ0n) is 17.1. The SMILES string of the molecule is CCOc1cc(C(c2ccc(Cl)c(C(F)(F)F)c2)N2CCCC2C(=O)O)ccc1OC. The molecule has 1 aliphatic heterocycles. The number of rotatable bonds is 7. The van der Waals surface area contributed by atoms with Crippen LogP contribution in [0.4, 0.5) is 13.2 Å². The van der Waals surface area contributed by atoms with Crippen LogP contribution < -0.4 is 9.47 Å². The van der Waals surface area contributed by atoms with Crippen LogP contribution in [0, 0.1) is 0 Å². The Kier molecular flexibility index (Phi) is 7.01. The quantitative estimate of drug-likeness (QED) is 0.603. The Balaban J connectivity index is 2.18. The summed E-state index contributed by atoms with van der Waals surface area (Å²) in [6, 6.07) is 7.22. The first-order valence-electron chi connectivity index (χ1n) is 9.83. The number of benzene rings is 2. The van der Waals surface area contributed by atoms with Gasteiger partial charge in [0.2, 0.25) is 0 Å². The minimum atomic E-state index is -4.63. The molecule has 2 aromatic carbocycles. The van der Waals surface area contributed by atoms with Gasteiger partial charge in [-0.3, -0.25) is 9.69 Å². The summed E-state index contributed by atoms with van der Waals surface area (Å²) in [5.41, 5.74) is -0.0494. The second kappa shape index (κ2) is 9.36. The molecule has 0 amide bonds. The summed E-state index contributed by atoms with van der Waals surface area (Å²) in [6.07, 6.45) is -3.59. The van der Waals surface area contributed by atoms with Crippen molar-refractivity contribution >= 4 is 17.6 Å². The lowest BCUT2D eigenvalue weighted by Crippen LogP contribution is -2.39. The molecule has 168 valence electrons. The van der Waals surface area contributed by atoms with Gasteiger partial charge in [0.15, 0.2) is 11.5 Å². The molecule has 1 fully saturated rings. The van der Waals surface area contributed by atoms with Crippen LogP contribution in [0.3, 0.4) is 0 Å². The maximum Gasteiger partial charge on any atom is 0.417 e. The number of aliphatic carboxylic acids is 1. The highest BCUT2D eigenvalue weighted by Crippen LogP contribution is 2.42. The van der Waals surface area contributed by atoms with Gasteiger partial charge in [-0.05, 0) is 55.2 Å². The molecular weight excluding hydrogens is 435 g/mol. The molecule has 2 atom stereocenters. The highest BCUT2D eigenvalue weighted by atomic mass is 35.5. The molecular formula is C22H23ClF3NO4. The van der Waals surface area contributed by atoms with Gasteiger partial charge in [0.05, 0.1) is 30.3 Å². The Morgan fingerprint density at radius 2 is 1.90 bits per heavy atom. The van der Waals surface area contributed by atoms with E-state index < -0.39 is 34.8 Å². The predicted molar refractivity (Wildman–Crippen MR) is 110 cm³/mol. The van der Waals surface area contributed by atoms with E-state index in [0.717, 1.165) is 6.07 Å². The average molecular weight is 458 g/mol. The first-order chi connectivity index (χ1) is 14.7. The highest BCUT2D eigenvalue weighted by molar-refractivity contribution is 6.31. The molecule has 0 aromatic heterocycles. The molecule has 31 heavy (non-hydrogen) atoms. The molecule has 0 saturated carbocycles. The van der Waals surface area contributed by atoms with Gasteiger partial charge in [0.25, 0.3) is 0 Å². The third-order valence-corrected chi connectivity index (χ3v) is 5.66. The van der Waals surface area contributed by atoms with Crippen LogP contribution in [0.5, 0.6) is 11.5 Å². The molecule has 1 N–H and O–H groups in total. The number of ether oxygens (including phenoxy) is 2. The van der Waals surface area contributed by atoms with Crippen LogP contribution in [0.1, 0.15) is 42.5 Å². The molecule has 5 nitrogen and oxygen atoms in total. The largest absolute Gasteiger partial charge is 0.493 e. The summed E-state index contributed by atoms with van der Waals surface area (Å²) in [5, 5.41) is 9.28. The molecule has 3 rings (SSSR count). The van der Waals surface area contributed by atoms with Crippen molar-refractivity contribution in [1.82, 2.24) is 4.90 Å². The fraction of sp³-hybridized carbons (Fsp3) is 0.409. The molecule has 0 radical (unpaired) electrons. The number of nitrogens with zero attached hydrogens (tertiary/aromatic N) is 1. The van der Waals surface area contributed by atoms with E-state index in [1.165, 1.54) is 19.2 Å². The van der Waals surface area contributed by atoms with Crippen LogP contribution >= 0.6 is 11.6 Å². The van der Waals surface area contributed by atoms with Crippen molar-refractivity contribution in [2.45, 2.75) is 38.0 Å². The fourth-order valence-electron chi connectivity index (χ4n) is 4.00. The van der Waals surface area contributed by atoms with Crippen molar-refractivity contribution in [1.29, 1.82) is 0 Å². The summed E-state index contributed by atoms with van der Waals surface area (Å²) in [4.78, 5) is 13.6. The van der Waals surface area contributed by atoms with Gasteiger partial charge in [-0.25, -0.2) is 0 Å². The van der Waals surface area contributed by atoms with E-state index in [1.807, 2.05) is 0 Å². The summed E-state index contributed by atoms with van der Waals surface area (Å²) in [6.45, 7) is 2.60. The fourth-order valence-corrected chi connectivity index (χ4v) is 4.23. The zero-order valence-corrected chi connectivity index (χ0v) is 17.8. The highest BCUT2D eigenvalue weighted by Gasteiger charge is 2.39. The van der Waals surface area contributed by atoms with E-state index in [0.29, 0.717) is 48.6 Å². The van der Waals surface area contributed by atoms with Gasteiger partial charge < -0.3 is 14.6 Å². The Bertz CT molecular complexity index is 951. The normalized spacial score (nSPS) is 18.1. The Morgan fingerprint density at radius 3 is 2.52 bits per heavy atom. The van der Waals surface area contributed by atoms with E-state index in [1.54, 1.807) is 30.0 Å². The summed E-state index contributed by atoms with van der Waals surface area (Å²) in [5.74, 6) is -0.0951. The van der Waals surface area contributed by atoms with Crippen LogP contribution in [-0.2, 0) is 11.0 Å². The molecule has 2 unspecified atom stereocenters. The van der Waals surface area contributed by atoms with Crippen molar-refractivity contribution in [2.24, 2.45) is 0 Å². The minimum absolute atomic E-state index is 0.303. The van der Waals surface area contributed by atoms with E-state index >= 15 is 0 Å². The smallest absolute Gasteiger partial charge is 0.417 e. The van der Waals surface area contributed by atoms with Crippen LogP contribution in [-0.4, -0.2) is 42.3 Å². The second-order valence-corrected chi connectivity index (χ2v) is 7.62. The van der Waals surface area contributed by atoms with E-state index in [4.69, 9.17) is 21.1 Å². The summed E-state index contributed by atoms with van der Waals surface area (Å²) >= 11 is 5.81. The number of carbonyl (C=O) groups is 1. The zero-order chi connectivity index (χ0) is 22.8. The van der Waals surface area contributed by atoms with Crippen molar-refractivity contribution < 1.29 is 32.5 Å². The lowest BCUT2D eigenvalue weighted by molar-refractivity contribution is -0.143. The topological polar surface area (TPSA) is 59.0 Å². The Morgan fingerprint density at radius 1 is 1.23 bits per heavy atom. The number of carboxylic acid groups (broad SMARTS) is 1. The molecule has 1 aliphatic rings. The molecule has 0 bridgehead atoms. The number of carboxylic acids is 1. The lowest BCUT2D eigenvalue weighted by atomic mass is 9.94. The third kappa shape index (κ3) is 4.91. The van der Waals surface area contributed by atoms with E-state index in [9.17, 15) is 23.1 Å². The average Bonchev–Trinajstić information content (AvgIpc) is 3.19. The summed E-state index contributed by atoms with van der Waals surface area (Å²) < 4.78 is 51.5. The summed E-state index contributed by atoms with van der Waals surface area (Å²) in [7, 11) is 1.49. The number of methoxy groups -OCH3 is 1. The molecule has 9 heteroatoms. The molecule has 0 spiro atoms. The third-order valence-electron chi connectivity index (χ3n) is 5.33. The first kappa shape index (κ1) is 23.2. The van der Waals surface area contributed by atoms with Crippen molar-refractivity contribution in [3.05, 3.63) is 58.1 Å². The maximum absolute atomic E-state index is 13.5. The van der Waals surface area contributed by atoms with Crippen LogP contribution in [0.25, 0.3) is 0 Å². The number of alkyl halides is 3. The van der Waals surface area contributed by atoms with Gasteiger partial charge in [-0.1, -0.05) is 23.7 Å². The number of halogens is 4. The predicted octanol–water partition coefficient (Wildman–Crippen LogP) is 5.40. The monoisotopic (exact) mass is 457 g/mol. The second-order valence-electron chi connectivity index (χ2n) is 7.22. The number of hydrogen-bond acceptors (Lipinski definition) is 4. The van der Waals surface area contributed by atoms with E-state index in [-0.39, 0.29) is 0 Å². The molecule has 2 aromatic rings. The van der Waals surface area contributed by atoms with Gasteiger partial charge in [0.1, 0.15) is 6.04 Å². The van der Waals surface area contributed by atoms with Crippen molar-refractivity contribution in [3.8, 4) is 11.5 Å². The molecule has 0 aliphatic carbocycles. The van der Waals surface area contributed by atoms with Gasteiger partial charge in [-0.15, -0.1) is 0 Å². The standard InChI is InChI=1S/C22H23ClF3NO4/c1-3-31-19-12-14(7-9-18(19)30-2)20(27-10-4-5-17(27)21(28)29)13-6-8-16(23)15(11-13)22(24,25)26/h6-9,11-12,17,20H,3-5,10H2,1-2H3,(H,28,29). The first-order valence-corrected chi connectivity index (χ1v) is 10.2. The lowest BCUT2D eigenvalue weighted by Gasteiger charge is -2.32. The Labute approximate surface area is 183 Å². The minimum Gasteiger partial charge on any atom is -0.493 e. The van der Waals surface area contributed by atoms with Crippen LogP contribution in [0.2, 0.25) is 5.02 Å². The van der Waals surface area contributed by atoms with Crippen LogP contribution in [0.15, 0.2) is 36.4 Å². The number of likely N-dealkylation sites (tertiary alicyclic amines) is 1. The number of hydrogen-bond donors (Lipinski definition) is 1. The van der Waals surface area contributed by atoms with Gasteiger partial charge >= 0.3 is 12.1 Å². The maximum atomic E-state index is 13.5. The molecule has 1 heterocycles. The van der Waals surface area contributed by atoms with Crippen molar-refractivity contribution in [2.75, 3.05) is 20.3 Å². The Hall–Kier alpha value is -2.45. The van der Waals surface area contributed by atoms with Gasteiger partial charge in [0, 0.05) is 6.54 Å². The molecule has 1 saturated heterocycles. The van der Waals surface area contributed by atoms with Crippen molar-refractivity contribution in [3.63, 3.8) is 0 Å². The van der Waals surface area contributed by atoms with E-state index in [2.05, 4.69) is 0 Å².